The molecule has 0 aliphatic carbocycles. The summed E-state index contributed by atoms with van der Waals surface area (Å²) in [5.41, 5.74) is 1.43. The number of aromatic hydroxyl groups is 1. The van der Waals surface area contributed by atoms with Crippen molar-refractivity contribution in [2.24, 2.45) is 0 Å². The van der Waals surface area contributed by atoms with Crippen LogP contribution in [0, 0.1) is 6.92 Å². The molecule has 0 spiro atoms. The van der Waals surface area contributed by atoms with Gasteiger partial charge in [-0.1, -0.05) is 41.0 Å². The smallest absolute Gasteiger partial charge is 0.283 e. The predicted octanol–water partition coefficient (Wildman–Crippen LogP) is 6.01. The van der Waals surface area contributed by atoms with Crippen LogP contribution in [0.25, 0.3) is 0 Å². The number of carbonyl (C=O) groups is 2. The normalized spacial score (nSPS) is 13.6. The summed E-state index contributed by atoms with van der Waals surface area (Å²) in [7, 11) is 1.44. The number of nitrogens with zero attached hydrogens (tertiary/aromatic N) is 1. The van der Waals surface area contributed by atoms with Crippen molar-refractivity contribution >= 4 is 58.2 Å². The Kier molecular flexibility index (Phi) is 6.56. The van der Waals surface area contributed by atoms with E-state index in [9.17, 15) is 14.7 Å². The van der Waals surface area contributed by atoms with E-state index in [0.29, 0.717) is 26.4 Å². The summed E-state index contributed by atoms with van der Waals surface area (Å²) in [6, 6.07) is 16.5. The van der Waals surface area contributed by atoms with Crippen LogP contribution in [0.2, 0.25) is 10.0 Å². The maximum atomic E-state index is 13.5. The van der Waals surface area contributed by atoms with Gasteiger partial charge in [-0.25, -0.2) is 4.90 Å². The first kappa shape index (κ1) is 23.0. The van der Waals surface area contributed by atoms with E-state index < -0.39 is 11.8 Å². The molecule has 3 aromatic rings. The second-order valence-corrected chi connectivity index (χ2v) is 9.12. The highest BCUT2D eigenvalue weighted by Gasteiger charge is 2.41. The van der Waals surface area contributed by atoms with Gasteiger partial charge in [0, 0.05) is 14.9 Å². The molecule has 0 saturated carbocycles. The lowest BCUT2D eigenvalue weighted by atomic mass is 10.2. The summed E-state index contributed by atoms with van der Waals surface area (Å²) in [5, 5.41) is 14.2. The predicted molar refractivity (Wildman–Crippen MR) is 131 cm³/mol. The highest BCUT2D eigenvalue weighted by atomic mass is 35.5. The molecule has 33 heavy (non-hydrogen) atoms. The highest BCUT2D eigenvalue weighted by molar-refractivity contribution is 8.04. The molecular weight excluding hydrogens is 483 g/mol. The average Bonchev–Trinajstić information content (AvgIpc) is 3.01. The number of rotatable bonds is 6. The topological polar surface area (TPSA) is 78.9 Å². The summed E-state index contributed by atoms with van der Waals surface area (Å²) >= 11 is 13.2. The van der Waals surface area contributed by atoms with Crippen LogP contribution in [0.3, 0.4) is 0 Å². The number of hydrogen-bond donors (Lipinski definition) is 2. The van der Waals surface area contributed by atoms with Gasteiger partial charge >= 0.3 is 0 Å². The molecule has 0 unspecified atom stereocenters. The molecule has 0 bridgehead atoms. The molecule has 168 valence electrons. The van der Waals surface area contributed by atoms with E-state index in [0.717, 1.165) is 22.2 Å². The van der Waals surface area contributed by atoms with Crippen LogP contribution < -0.4 is 15.0 Å². The summed E-state index contributed by atoms with van der Waals surface area (Å²) in [6.45, 7) is 1.85. The molecule has 1 heterocycles. The quantitative estimate of drug-likeness (QED) is 0.319. The minimum absolute atomic E-state index is 0.0304. The average molecular weight is 501 g/mol. The second-order valence-electron chi connectivity index (χ2n) is 7.17. The third kappa shape index (κ3) is 4.66. The van der Waals surface area contributed by atoms with Gasteiger partial charge in [0.1, 0.15) is 22.1 Å². The lowest BCUT2D eigenvalue weighted by Gasteiger charge is -2.18. The SMILES string of the molecule is COc1ccc(Cl)cc1N1C(=O)C(Nc2cc(C)ccc2O)=C(Sc2ccc(Cl)cc2)C1=O. The van der Waals surface area contributed by atoms with E-state index in [-0.39, 0.29) is 22.0 Å². The van der Waals surface area contributed by atoms with Crippen LogP contribution in [0.4, 0.5) is 11.4 Å². The van der Waals surface area contributed by atoms with Crippen molar-refractivity contribution in [2.75, 3.05) is 17.3 Å². The molecule has 4 rings (SSSR count). The Morgan fingerprint density at radius 3 is 2.33 bits per heavy atom. The molecular formula is C24H18Cl2N2O4S. The molecule has 0 fully saturated rings. The van der Waals surface area contributed by atoms with E-state index in [1.165, 1.54) is 19.2 Å². The largest absolute Gasteiger partial charge is 0.506 e. The van der Waals surface area contributed by atoms with Gasteiger partial charge in [0.25, 0.3) is 11.8 Å². The lowest BCUT2D eigenvalue weighted by molar-refractivity contribution is -0.120. The Morgan fingerprint density at radius 2 is 1.64 bits per heavy atom. The number of aryl methyl sites for hydroxylation is 1. The van der Waals surface area contributed by atoms with E-state index >= 15 is 0 Å². The number of benzene rings is 3. The van der Waals surface area contributed by atoms with Crippen molar-refractivity contribution in [3.05, 3.63) is 86.9 Å². The lowest BCUT2D eigenvalue weighted by Crippen LogP contribution is -2.32. The number of phenols is 1. The fourth-order valence-electron chi connectivity index (χ4n) is 3.28. The van der Waals surface area contributed by atoms with Gasteiger partial charge in [-0.15, -0.1) is 0 Å². The second kappa shape index (κ2) is 9.39. The molecule has 3 aromatic carbocycles. The summed E-state index contributed by atoms with van der Waals surface area (Å²) < 4.78 is 5.36. The number of thioether (sulfide) groups is 1. The van der Waals surface area contributed by atoms with E-state index in [4.69, 9.17) is 27.9 Å². The number of halogens is 2. The summed E-state index contributed by atoms with van der Waals surface area (Å²) in [5.74, 6) is -0.882. The zero-order chi connectivity index (χ0) is 23.7. The van der Waals surface area contributed by atoms with E-state index in [2.05, 4.69) is 5.32 Å². The van der Waals surface area contributed by atoms with Gasteiger partial charge in [-0.05, 0) is 67.1 Å². The van der Waals surface area contributed by atoms with Crippen molar-refractivity contribution in [1.82, 2.24) is 0 Å². The first-order chi connectivity index (χ1) is 15.8. The number of ether oxygens (including phenoxy) is 1. The Hall–Kier alpha value is -3.13. The monoisotopic (exact) mass is 500 g/mol. The first-order valence-corrected chi connectivity index (χ1v) is 11.3. The third-order valence-corrected chi connectivity index (χ3v) is 6.45. The van der Waals surface area contributed by atoms with E-state index in [1.54, 1.807) is 48.5 Å². The first-order valence-electron chi connectivity index (χ1n) is 9.75. The number of hydrogen-bond acceptors (Lipinski definition) is 6. The fourth-order valence-corrected chi connectivity index (χ4v) is 4.50. The number of nitrogens with one attached hydrogen (secondary N) is 1. The van der Waals surface area contributed by atoms with Gasteiger partial charge in [-0.2, -0.15) is 0 Å². The minimum atomic E-state index is -0.599. The van der Waals surface area contributed by atoms with Crippen LogP contribution >= 0.6 is 35.0 Å². The van der Waals surface area contributed by atoms with Crippen LogP contribution in [-0.4, -0.2) is 24.0 Å². The summed E-state index contributed by atoms with van der Waals surface area (Å²) in [6.07, 6.45) is 0. The molecule has 0 aromatic heterocycles. The maximum absolute atomic E-state index is 13.5. The zero-order valence-electron chi connectivity index (χ0n) is 17.6. The number of carbonyl (C=O) groups excluding carboxylic acids is 2. The Balaban J connectivity index is 1.81. The Bertz CT molecular complexity index is 1290. The van der Waals surface area contributed by atoms with Crippen LogP contribution in [0.1, 0.15) is 5.56 Å². The Labute approximate surface area is 204 Å². The molecule has 6 nitrogen and oxygen atoms in total. The minimum Gasteiger partial charge on any atom is -0.506 e. The van der Waals surface area contributed by atoms with Crippen LogP contribution in [0.15, 0.2) is 76.2 Å². The number of phenolic OH excluding ortho intramolecular Hbond substituents is 1. The van der Waals surface area contributed by atoms with Gasteiger partial charge in [-0.3, -0.25) is 9.59 Å². The van der Waals surface area contributed by atoms with Gasteiger partial charge < -0.3 is 15.2 Å². The van der Waals surface area contributed by atoms with Gasteiger partial charge in [0.2, 0.25) is 0 Å². The van der Waals surface area contributed by atoms with Crippen LogP contribution in [-0.2, 0) is 9.59 Å². The fraction of sp³-hybridized carbons (Fsp3) is 0.0833. The van der Waals surface area contributed by atoms with Crippen molar-refractivity contribution in [2.45, 2.75) is 11.8 Å². The summed E-state index contributed by atoms with van der Waals surface area (Å²) in [4.78, 5) is 28.9. The molecule has 9 heteroatoms. The zero-order valence-corrected chi connectivity index (χ0v) is 19.9. The van der Waals surface area contributed by atoms with Gasteiger partial charge in [0.05, 0.1) is 18.5 Å². The molecule has 1 aliphatic heterocycles. The highest BCUT2D eigenvalue weighted by Crippen LogP contribution is 2.42. The van der Waals surface area contributed by atoms with E-state index in [1.807, 2.05) is 6.92 Å². The molecule has 0 atom stereocenters. The molecule has 0 saturated heterocycles. The number of amides is 2. The molecule has 1 aliphatic rings. The van der Waals surface area contributed by atoms with Crippen molar-refractivity contribution < 1.29 is 19.4 Å². The molecule has 0 radical (unpaired) electrons. The molecule has 2 amide bonds. The number of anilines is 2. The maximum Gasteiger partial charge on any atom is 0.283 e. The number of imide groups is 1. The third-order valence-electron chi connectivity index (χ3n) is 4.87. The van der Waals surface area contributed by atoms with Crippen molar-refractivity contribution in [3.63, 3.8) is 0 Å². The number of methoxy groups -OCH3 is 1. The van der Waals surface area contributed by atoms with Crippen molar-refractivity contribution in [1.29, 1.82) is 0 Å². The standard InChI is InChI=1S/C24H18Cl2N2O4S/c1-13-3-9-19(29)17(11-13)27-21-22(33-16-7-4-14(25)5-8-16)24(31)28(23(21)30)18-12-15(26)6-10-20(18)32-2/h3-12,27,29H,1-2H3. The van der Waals surface area contributed by atoms with Crippen LogP contribution in [0.5, 0.6) is 11.5 Å². The van der Waals surface area contributed by atoms with Crippen molar-refractivity contribution in [3.8, 4) is 11.5 Å². The molecule has 2 N–H and O–H groups in total. The van der Waals surface area contributed by atoms with Gasteiger partial charge in [0.15, 0.2) is 0 Å². The Morgan fingerprint density at radius 1 is 0.939 bits per heavy atom.